The number of hydrogen-bond donors (Lipinski definition) is 0. The van der Waals surface area contributed by atoms with Crippen molar-refractivity contribution in [1.82, 2.24) is 15.0 Å². The maximum absolute atomic E-state index is 9.99. The van der Waals surface area contributed by atoms with E-state index in [2.05, 4.69) is 146 Å². The molecule has 0 amide bonds. The van der Waals surface area contributed by atoms with Crippen LogP contribution in [0.5, 0.6) is 0 Å². The van der Waals surface area contributed by atoms with Crippen LogP contribution in [0.15, 0.2) is 182 Å². The minimum absolute atomic E-state index is 0.222. The molecule has 14 rings (SSSR count). The Hall–Kier alpha value is -8.76. The number of pyridine rings is 3. The third-order valence-electron chi connectivity index (χ3n) is 14.5. The van der Waals surface area contributed by atoms with Crippen LogP contribution in [0.3, 0.4) is 0 Å². The Morgan fingerprint density at radius 2 is 0.725 bits per heavy atom. The van der Waals surface area contributed by atoms with Gasteiger partial charge < -0.3 is 0 Å². The number of rotatable bonds is 3. The lowest BCUT2D eigenvalue weighted by Crippen LogP contribution is -2.21. The molecule has 0 saturated heterocycles. The summed E-state index contributed by atoms with van der Waals surface area (Å²) >= 11 is 0. The van der Waals surface area contributed by atoms with E-state index in [4.69, 9.17) is 15.0 Å². The van der Waals surface area contributed by atoms with E-state index in [1.54, 1.807) is 0 Å². The molecule has 6 aromatic carbocycles. The van der Waals surface area contributed by atoms with Gasteiger partial charge in [0.2, 0.25) is 0 Å². The molecule has 1 fully saturated rings. The molecule has 6 bridgehead atoms. The largest absolute Gasteiger partial charge is 0.256 e. The van der Waals surface area contributed by atoms with Crippen molar-refractivity contribution in [3.63, 3.8) is 0 Å². The van der Waals surface area contributed by atoms with Crippen LogP contribution in [0.25, 0.3) is 67.2 Å². The monoisotopic (exact) mass is 886 g/mol. The average molecular weight is 887 g/mol. The van der Waals surface area contributed by atoms with Gasteiger partial charge in [-0.1, -0.05) is 109 Å². The van der Waals surface area contributed by atoms with Crippen LogP contribution in [0.4, 0.5) is 0 Å². The van der Waals surface area contributed by atoms with Gasteiger partial charge in [0, 0.05) is 52.0 Å². The molecular formula is C63H46N6. The highest BCUT2D eigenvalue weighted by molar-refractivity contribution is 5.76. The maximum atomic E-state index is 9.99. The zero-order chi connectivity index (χ0) is 46.8. The lowest BCUT2D eigenvalue weighted by atomic mass is 9.66. The summed E-state index contributed by atoms with van der Waals surface area (Å²) in [6, 6.07) is 64.0. The number of aromatic nitrogens is 3. The van der Waals surface area contributed by atoms with Gasteiger partial charge in [0.1, 0.15) is 0 Å². The minimum atomic E-state index is 0.222. The van der Waals surface area contributed by atoms with Crippen LogP contribution in [-0.2, 0) is 12.8 Å². The molecule has 2 atom stereocenters. The van der Waals surface area contributed by atoms with Gasteiger partial charge in [0.25, 0.3) is 0 Å². The number of nitriles is 3. The Labute approximate surface area is 403 Å². The number of nitrogens with zero attached hydrogens (tertiary/aromatic N) is 6. The van der Waals surface area contributed by atoms with Crippen LogP contribution >= 0.6 is 0 Å². The molecule has 0 radical (unpaired) electrons. The average Bonchev–Trinajstić information content (AvgIpc) is 3.42. The van der Waals surface area contributed by atoms with Crippen LogP contribution in [0, 0.1) is 40.9 Å². The second-order valence-electron chi connectivity index (χ2n) is 18.5. The molecular weight excluding hydrogens is 841 g/mol. The first-order valence-corrected chi connectivity index (χ1v) is 23.7. The van der Waals surface area contributed by atoms with E-state index in [1.165, 1.54) is 33.4 Å². The molecule has 69 heavy (non-hydrogen) atoms. The normalized spacial score (nSPS) is 16.0. The molecule has 6 nitrogen and oxygen atoms in total. The molecule has 5 aliphatic rings. The summed E-state index contributed by atoms with van der Waals surface area (Å²) in [4.78, 5) is 15.3. The van der Waals surface area contributed by atoms with Crippen molar-refractivity contribution in [2.75, 3.05) is 0 Å². The molecule has 6 heteroatoms. The molecule has 0 N–H and O–H groups in total. The van der Waals surface area contributed by atoms with Gasteiger partial charge in [-0.25, -0.2) is 0 Å². The Morgan fingerprint density at radius 1 is 0.377 bits per heavy atom. The van der Waals surface area contributed by atoms with Gasteiger partial charge >= 0.3 is 0 Å². The predicted octanol–water partition coefficient (Wildman–Crippen LogP) is 14.7. The first-order chi connectivity index (χ1) is 33.9. The number of aryl methyl sites for hydroxylation is 3. The number of benzene rings is 6. The van der Waals surface area contributed by atoms with Crippen LogP contribution < -0.4 is 0 Å². The molecule has 3 aliphatic heterocycles. The second-order valence-corrected chi connectivity index (χ2v) is 18.5. The van der Waals surface area contributed by atoms with Crippen LogP contribution in [0.1, 0.15) is 87.1 Å². The Bertz CT molecular complexity index is 3370. The van der Waals surface area contributed by atoms with Gasteiger partial charge in [-0.3, -0.25) is 15.0 Å². The van der Waals surface area contributed by atoms with Gasteiger partial charge in [0.05, 0.1) is 52.0 Å². The SMILES string of the molecule is Cc1ccc(C#N)cc1-c1ccc(-c2ccccc2C2CC3CC(C2)c2ccccc2-c2ccc(nc2)-c2cc(C#N)ccc2CCc2ccc(C#N)cc2-c2ccc(cn2)-c2ccccc23)cn1. The molecule has 9 aromatic rings. The predicted molar refractivity (Wildman–Crippen MR) is 274 cm³/mol. The Morgan fingerprint density at radius 3 is 1.09 bits per heavy atom. The molecule has 6 heterocycles. The summed E-state index contributed by atoms with van der Waals surface area (Å²) in [5.74, 6) is 0.668. The highest BCUT2D eigenvalue weighted by Gasteiger charge is 2.35. The maximum Gasteiger partial charge on any atom is 0.0991 e. The summed E-state index contributed by atoms with van der Waals surface area (Å²) in [6.07, 6.45) is 10.3. The smallest absolute Gasteiger partial charge is 0.0991 e. The molecule has 2 aliphatic carbocycles. The molecule has 3 aromatic heterocycles. The highest BCUT2D eigenvalue weighted by atomic mass is 14.7. The van der Waals surface area contributed by atoms with Crippen molar-refractivity contribution in [3.05, 3.63) is 232 Å². The fourth-order valence-corrected chi connectivity index (χ4v) is 11.0. The van der Waals surface area contributed by atoms with E-state index >= 15 is 0 Å². The van der Waals surface area contributed by atoms with Gasteiger partial charge in [-0.2, -0.15) is 15.8 Å². The third kappa shape index (κ3) is 8.37. The van der Waals surface area contributed by atoms with E-state index in [-0.39, 0.29) is 17.8 Å². The zero-order valence-corrected chi connectivity index (χ0v) is 38.3. The molecule has 328 valence electrons. The first kappa shape index (κ1) is 42.8. The standard InChI is InChI=1S/C63H46N6/c1-40-14-15-41(34-64)28-58(40)61-25-22-46(37-67-61)52-8-2-5-11-55(52)49-31-50-33-51(32-49)57-13-7-4-10-54(57)48-24-27-63(69-39-48)60-30-43(36-66)17-19-45(60)21-20-44-18-16-42(35-65)29-59(44)62-26-23-47(38-68-62)53-9-3-6-12-56(50)53/h2-19,22-30,37-39,49-51H,20-21,31-33H2,1H3. The van der Waals surface area contributed by atoms with Crippen LogP contribution in [0.2, 0.25) is 0 Å². The zero-order valence-electron chi connectivity index (χ0n) is 38.3. The fraction of sp³-hybridized carbons (Fsp3) is 0.143. The lowest BCUT2D eigenvalue weighted by Gasteiger charge is -2.38. The summed E-state index contributed by atoms with van der Waals surface area (Å²) < 4.78 is 0. The van der Waals surface area contributed by atoms with Gasteiger partial charge in [-0.15, -0.1) is 0 Å². The minimum Gasteiger partial charge on any atom is -0.256 e. The van der Waals surface area contributed by atoms with E-state index < -0.39 is 0 Å². The van der Waals surface area contributed by atoms with E-state index in [0.29, 0.717) is 29.5 Å². The van der Waals surface area contributed by atoms with E-state index in [1.807, 2.05) is 61.1 Å². The van der Waals surface area contributed by atoms with Crippen LogP contribution in [-0.4, -0.2) is 15.0 Å². The molecule has 0 spiro atoms. The lowest BCUT2D eigenvalue weighted by molar-refractivity contribution is 0.353. The highest BCUT2D eigenvalue weighted by Crippen LogP contribution is 2.52. The van der Waals surface area contributed by atoms with E-state index in [0.717, 1.165) is 86.4 Å². The van der Waals surface area contributed by atoms with Gasteiger partial charge in [-0.05, 0) is 161 Å². The topological polar surface area (TPSA) is 110 Å². The second kappa shape index (κ2) is 18.5. The van der Waals surface area contributed by atoms with Crippen molar-refractivity contribution in [3.8, 4) is 85.4 Å². The molecule has 2 unspecified atom stereocenters. The summed E-state index contributed by atoms with van der Waals surface area (Å²) in [7, 11) is 0. The van der Waals surface area contributed by atoms with E-state index in [9.17, 15) is 15.8 Å². The van der Waals surface area contributed by atoms with Crippen molar-refractivity contribution in [2.45, 2.75) is 56.8 Å². The molecule has 1 saturated carbocycles. The van der Waals surface area contributed by atoms with Crippen molar-refractivity contribution < 1.29 is 0 Å². The fourth-order valence-electron chi connectivity index (χ4n) is 11.0. The third-order valence-corrected chi connectivity index (χ3v) is 14.5. The number of hydrogen-bond acceptors (Lipinski definition) is 6. The summed E-state index contributed by atoms with van der Waals surface area (Å²) in [5.41, 5.74) is 21.1. The Kier molecular flexibility index (Phi) is 11.5. The van der Waals surface area contributed by atoms with Crippen molar-refractivity contribution in [2.24, 2.45) is 0 Å². The first-order valence-electron chi connectivity index (χ1n) is 23.7. The Balaban J connectivity index is 1.05. The summed E-state index contributed by atoms with van der Waals surface area (Å²) in [6.45, 7) is 2.06. The quantitative estimate of drug-likeness (QED) is 0.175. The van der Waals surface area contributed by atoms with Crippen molar-refractivity contribution in [1.29, 1.82) is 15.8 Å². The summed E-state index contributed by atoms with van der Waals surface area (Å²) in [5, 5.41) is 29.6. The van der Waals surface area contributed by atoms with Crippen molar-refractivity contribution >= 4 is 0 Å². The van der Waals surface area contributed by atoms with Gasteiger partial charge in [0.15, 0.2) is 0 Å².